The van der Waals surface area contributed by atoms with Gasteiger partial charge in [-0.1, -0.05) is 47.7 Å². The standard InChI is InChI=1S/C26H30N6O2/c1-20-7-6-10-24(21(20)2)27-25(33)19-30-13-15-31(16-14-30)26(34)12-11-23-18-32(29-28-23)17-22-8-4-3-5-9-22/h3-12,18H,13-17,19H2,1-2H3,(H,27,33). The molecule has 1 aliphatic rings. The predicted molar refractivity (Wildman–Crippen MR) is 132 cm³/mol. The average Bonchev–Trinajstić information content (AvgIpc) is 3.29. The van der Waals surface area contributed by atoms with E-state index in [1.165, 1.54) is 0 Å². The number of piperazine rings is 1. The topological polar surface area (TPSA) is 83.4 Å². The maximum atomic E-state index is 12.6. The molecule has 1 aromatic heterocycles. The number of anilines is 1. The van der Waals surface area contributed by atoms with Gasteiger partial charge in [-0.3, -0.25) is 14.5 Å². The first-order valence-corrected chi connectivity index (χ1v) is 11.5. The van der Waals surface area contributed by atoms with Gasteiger partial charge in [0, 0.05) is 37.9 Å². The predicted octanol–water partition coefficient (Wildman–Crippen LogP) is 2.74. The van der Waals surface area contributed by atoms with Gasteiger partial charge in [-0.15, -0.1) is 5.10 Å². The molecule has 3 aromatic rings. The van der Waals surface area contributed by atoms with E-state index in [1.807, 2.05) is 68.6 Å². The quantitative estimate of drug-likeness (QED) is 0.551. The summed E-state index contributed by atoms with van der Waals surface area (Å²) < 4.78 is 1.75. The largest absolute Gasteiger partial charge is 0.337 e. The van der Waals surface area contributed by atoms with Crippen molar-refractivity contribution in [2.75, 3.05) is 38.0 Å². The van der Waals surface area contributed by atoms with E-state index in [0.29, 0.717) is 45.0 Å². The smallest absolute Gasteiger partial charge is 0.246 e. The van der Waals surface area contributed by atoms with E-state index in [2.05, 4.69) is 20.5 Å². The van der Waals surface area contributed by atoms with E-state index in [-0.39, 0.29) is 11.8 Å². The van der Waals surface area contributed by atoms with Gasteiger partial charge in [0.05, 0.1) is 19.3 Å². The third kappa shape index (κ3) is 6.17. The molecule has 1 fully saturated rings. The van der Waals surface area contributed by atoms with Crippen molar-refractivity contribution in [1.29, 1.82) is 0 Å². The van der Waals surface area contributed by atoms with Gasteiger partial charge in [0.2, 0.25) is 11.8 Å². The summed E-state index contributed by atoms with van der Waals surface area (Å²) in [5, 5.41) is 11.2. The minimum absolute atomic E-state index is 0.0352. The van der Waals surface area contributed by atoms with E-state index in [1.54, 1.807) is 21.7 Å². The number of carbonyl (C=O) groups is 2. The lowest BCUT2D eigenvalue weighted by Gasteiger charge is -2.33. The van der Waals surface area contributed by atoms with Crippen molar-refractivity contribution in [3.63, 3.8) is 0 Å². The number of aryl methyl sites for hydroxylation is 1. The first kappa shape index (κ1) is 23.4. The molecule has 0 aliphatic carbocycles. The van der Waals surface area contributed by atoms with Crippen molar-refractivity contribution in [2.45, 2.75) is 20.4 Å². The van der Waals surface area contributed by atoms with Crippen molar-refractivity contribution in [2.24, 2.45) is 0 Å². The zero-order chi connectivity index (χ0) is 23.9. The van der Waals surface area contributed by atoms with E-state index in [9.17, 15) is 9.59 Å². The lowest BCUT2D eigenvalue weighted by Crippen LogP contribution is -2.50. The number of rotatable bonds is 7. The Morgan fingerprint density at radius 1 is 1.00 bits per heavy atom. The van der Waals surface area contributed by atoms with Crippen molar-refractivity contribution >= 4 is 23.6 Å². The maximum Gasteiger partial charge on any atom is 0.246 e. The van der Waals surface area contributed by atoms with Gasteiger partial charge >= 0.3 is 0 Å². The monoisotopic (exact) mass is 458 g/mol. The second-order valence-corrected chi connectivity index (χ2v) is 8.56. The summed E-state index contributed by atoms with van der Waals surface area (Å²) >= 11 is 0. The Labute approximate surface area is 199 Å². The molecule has 1 N–H and O–H groups in total. The summed E-state index contributed by atoms with van der Waals surface area (Å²) in [7, 11) is 0. The third-order valence-electron chi connectivity index (χ3n) is 6.07. The minimum atomic E-state index is -0.0582. The number of carbonyl (C=O) groups excluding carboxylic acids is 2. The van der Waals surface area contributed by atoms with Crippen molar-refractivity contribution in [1.82, 2.24) is 24.8 Å². The highest BCUT2D eigenvalue weighted by Crippen LogP contribution is 2.18. The van der Waals surface area contributed by atoms with Crippen LogP contribution in [-0.2, 0) is 16.1 Å². The Bertz CT molecular complexity index is 1160. The van der Waals surface area contributed by atoms with Crippen LogP contribution in [0, 0.1) is 13.8 Å². The molecule has 0 spiro atoms. The minimum Gasteiger partial charge on any atom is -0.337 e. The molecule has 0 saturated carbocycles. The van der Waals surface area contributed by atoms with E-state index >= 15 is 0 Å². The van der Waals surface area contributed by atoms with Crippen LogP contribution >= 0.6 is 0 Å². The Morgan fingerprint density at radius 3 is 2.53 bits per heavy atom. The average molecular weight is 459 g/mol. The normalized spacial score (nSPS) is 14.5. The maximum absolute atomic E-state index is 12.6. The van der Waals surface area contributed by atoms with E-state index < -0.39 is 0 Å². The van der Waals surface area contributed by atoms with Crippen LogP contribution in [0.2, 0.25) is 0 Å². The number of nitrogens with zero attached hydrogens (tertiary/aromatic N) is 5. The Balaban J connectivity index is 1.22. The molecule has 34 heavy (non-hydrogen) atoms. The Hall–Kier alpha value is -3.78. The molecule has 176 valence electrons. The molecule has 2 heterocycles. The van der Waals surface area contributed by atoms with Crippen molar-refractivity contribution < 1.29 is 9.59 Å². The molecule has 8 nitrogen and oxygen atoms in total. The molecule has 2 amide bonds. The number of nitrogens with one attached hydrogen (secondary N) is 1. The number of hydrogen-bond acceptors (Lipinski definition) is 5. The second-order valence-electron chi connectivity index (χ2n) is 8.56. The van der Waals surface area contributed by atoms with Gasteiger partial charge in [-0.2, -0.15) is 0 Å². The van der Waals surface area contributed by atoms with Crippen molar-refractivity contribution in [3.8, 4) is 0 Å². The van der Waals surface area contributed by atoms with Crippen LogP contribution in [-0.4, -0.2) is 69.3 Å². The summed E-state index contributed by atoms with van der Waals surface area (Å²) in [5.41, 5.74) is 4.87. The van der Waals surface area contributed by atoms with E-state index in [4.69, 9.17) is 0 Å². The van der Waals surface area contributed by atoms with Crippen molar-refractivity contribution in [3.05, 3.63) is 83.2 Å². The fourth-order valence-corrected chi connectivity index (χ4v) is 3.91. The van der Waals surface area contributed by atoms with Gasteiger partial charge < -0.3 is 10.2 Å². The molecule has 0 unspecified atom stereocenters. The van der Waals surface area contributed by atoms with Gasteiger partial charge in [-0.05, 0) is 42.7 Å². The second kappa shape index (κ2) is 10.9. The highest BCUT2D eigenvalue weighted by Gasteiger charge is 2.21. The molecule has 8 heteroatoms. The first-order chi connectivity index (χ1) is 16.5. The molecular weight excluding hydrogens is 428 g/mol. The van der Waals surface area contributed by atoms with Gasteiger partial charge in [0.25, 0.3) is 0 Å². The molecule has 2 aromatic carbocycles. The number of aromatic nitrogens is 3. The van der Waals surface area contributed by atoms with Crippen LogP contribution in [0.15, 0.2) is 60.8 Å². The fourth-order valence-electron chi connectivity index (χ4n) is 3.91. The highest BCUT2D eigenvalue weighted by atomic mass is 16.2. The molecule has 0 bridgehead atoms. The van der Waals surface area contributed by atoms with Gasteiger partial charge in [-0.25, -0.2) is 4.68 Å². The first-order valence-electron chi connectivity index (χ1n) is 11.5. The summed E-state index contributed by atoms with van der Waals surface area (Å²) in [4.78, 5) is 28.9. The van der Waals surface area contributed by atoms with Gasteiger partial charge in [0.1, 0.15) is 5.69 Å². The zero-order valence-corrected chi connectivity index (χ0v) is 19.6. The van der Waals surface area contributed by atoms with Crippen LogP contribution in [0.1, 0.15) is 22.4 Å². The van der Waals surface area contributed by atoms with Crippen LogP contribution in [0.3, 0.4) is 0 Å². The highest BCUT2D eigenvalue weighted by molar-refractivity contribution is 5.93. The lowest BCUT2D eigenvalue weighted by molar-refractivity contribution is -0.127. The third-order valence-corrected chi connectivity index (χ3v) is 6.07. The number of hydrogen-bond donors (Lipinski definition) is 1. The molecule has 4 rings (SSSR count). The Morgan fingerprint density at radius 2 is 1.76 bits per heavy atom. The van der Waals surface area contributed by atoms with Gasteiger partial charge in [0.15, 0.2) is 0 Å². The van der Waals surface area contributed by atoms with Crippen LogP contribution in [0.25, 0.3) is 6.08 Å². The van der Waals surface area contributed by atoms with Crippen LogP contribution < -0.4 is 5.32 Å². The summed E-state index contributed by atoms with van der Waals surface area (Å²) in [6.45, 7) is 7.47. The van der Waals surface area contributed by atoms with E-state index in [0.717, 1.165) is 22.4 Å². The molecule has 1 saturated heterocycles. The Kier molecular flexibility index (Phi) is 7.49. The lowest BCUT2D eigenvalue weighted by atomic mass is 10.1. The molecular formula is C26H30N6O2. The van der Waals surface area contributed by atoms with Crippen LogP contribution in [0.5, 0.6) is 0 Å². The molecule has 1 aliphatic heterocycles. The van der Waals surface area contributed by atoms with Crippen LogP contribution in [0.4, 0.5) is 5.69 Å². The summed E-state index contributed by atoms with van der Waals surface area (Å²) in [5.74, 6) is -0.0935. The summed E-state index contributed by atoms with van der Waals surface area (Å²) in [6.07, 6.45) is 5.06. The SMILES string of the molecule is Cc1cccc(NC(=O)CN2CCN(C(=O)C=Cc3cn(Cc4ccccc4)nn3)CC2)c1C. The fraction of sp³-hybridized carbons (Fsp3) is 0.308. The molecule has 0 atom stereocenters. The number of amides is 2. The number of benzene rings is 2. The molecule has 0 radical (unpaired) electrons. The zero-order valence-electron chi connectivity index (χ0n) is 19.6. The summed E-state index contributed by atoms with van der Waals surface area (Å²) in [6, 6.07) is 15.9.